The minimum Gasteiger partial charge on any atom is -0.493 e. The lowest BCUT2D eigenvalue weighted by Gasteiger charge is -2.26. The number of ether oxygens (including phenoxy) is 1. The molecule has 1 atom stereocenters. The smallest absolute Gasteiger partial charge is 0.437 e. The molecule has 2 aromatic heterocycles. The predicted molar refractivity (Wildman–Crippen MR) is 96.1 cm³/mol. The number of fused-ring (bicyclic) bond motifs is 1. The molecule has 3 aromatic rings. The van der Waals surface area contributed by atoms with Crippen LogP contribution in [0.3, 0.4) is 0 Å². The van der Waals surface area contributed by atoms with Gasteiger partial charge < -0.3 is 14.5 Å². The van der Waals surface area contributed by atoms with E-state index in [9.17, 15) is 9.59 Å². The summed E-state index contributed by atoms with van der Waals surface area (Å²) in [6.07, 6.45) is 0.866. The molecule has 0 spiro atoms. The Kier molecular flexibility index (Phi) is 4.57. The molecule has 0 bridgehead atoms. The highest BCUT2D eigenvalue weighted by molar-refractivity contribution is 7.13. The first-order chi connectivity index (χ1) is 12.7. The van der Waals surface area contributed by atoms with Gasteiger partial charge >= 0.3 is 5.76 Å². The van der Waals surface area contributed by atoms with Crippen molar-refractivity contribution in [3.63, 3.8) is 0 Å². The average molecular weight is 371 g/mol. The maximum absolute atomic E-state index is 12.3. The lowest BCUT2D eigenvalue weighted by molar-refractivity contribution is -0.122. The summed E-state index contributed by atoms with van der Waals surface area (Å²) < 4.78 is 11.9. The van der Waals surface area contributed by atoms with E-state index < -0.39 is 5.76 Å². The molecule has 4 rings (SSSR count). The molecule has 7 nitrogen and oxygen atoms in total. The Hall–Kier alpha value is -2.87. The molecule has 134 valence electrons. The van der Waals surface area contributed by atoms with E-state index in [-0.39, 0.29) is 30.8 Å². The normalized spacial score (nSPS) is 15.9. The number of hydrogen-bond donors (Lipinski definition) is 1. The highest BCUT2D eigenvalue weighted by atomic mass is 32.1. The fraction of sp³-hybridized carbons (Fsp3) is 0.278. The second-order valence-electron chi connectivity index (χ2n) is 5.92. The highest BCUT2D eigenvalue weighted by Crippen LogP contribution is 2.31. The van der Waals surface area contributed by atoms with E-state index in [1.165, 1.54) is 16.0 Å². The van der Waals surface area contributed by atoms with Crippen LogP contribution in [0.15, 0.2) is 51.0 Å². The van der Waals surface area contributed by atoms with Crippen molar-refractivity contribution in [3.05, 3.63) is 57.9 Å². The molecule has 0 saturated heterocycles. The van der Waals surface area contributed by atoms with E-state index >= 15 is 0 Å². The number of aromatic nitrogens is 2. The fourth-order valence-electron chi connectivity index (χ4n) is 2.91. The van der Waals surface area contributed by atoms with E-state index in [0.29, 0.717) is 6.61 Å². The molecule has 8 heteroatoms. The molecule has 3 heterocycles. The summed E-state index contributed by atoms with van der Waals surface area (Å²) in [7, 11) is 0. The van der Waals surface area contributed by atoms with Gasteiger partial charge in [0, 0.05) is 18.4 Å². The molecular formula is C18H17N3O4S. The Morgan fingerprint density at radius 1 is 1.31 bits per heavy atom. The molecule has 1 N–H and O–H groups in total. The van der Waals surface area contributed by atoms with Gasteiger partial charge in [-0.15, -0.1) is 16.4 Å². The number of hydrogen-bond acceptors (Lipinski definition) is 6. The Balaban J connectivity index is 1.39. The second-order valence-corrected chi connectivity index (χ2v) is 6.87. The Morgan fingerprint density at radius 3 is 3.04 bits per heavy atom. The lowest BCUT2D eigenvalue weighted by atomic mass is 10.0. The van der Waals surface area contributed by atoms with E-state index in [1.54, 1.807) is 0 Å². The zero-order chi connectivity index (χ0) is 17.9. The molecule has 26 heavy (non-hydrogen) atoms. The fourth-order valence-corrected chi connectivity index (χ4v) is 3.56. The summed E-state index contributed by atoms with van der Waals surface area (Å²) in [5.74, 6) is 0.387. The number of para-hydroxylation sites is 1. The first kappa shape index (κ1) is 16.6. The monoisotopic (exact) mass is 371 g/mol. The van der Waals surface area contributed by atoms with Crippen LogP contribution in [0.4, 0.5) is 0 Å². The standard InChI is InChI=1S/C18H17N3O4S/c22-16(19-13-8-10-24-14-5-2-1-4-12(13)14)7-9-21-18(23)25-17(20-21)15-6-3-11-26-15/h1-6,11,13H,7-10H2,(H,19,22). The van der Waals surface area contributed by atoms with Crippen molar-refractivity contribution in [1.29, 1.82) is 0 Å². The van der Waals surface area contributed by atoms with Gasteiger partial charge in [0.1, 0.15) is 5.75 Å². The van der Waals surface area contributed by atoms with Crippen LogP contribution in [0, 0.1) is 0 Å². The van der Waals surface area contributed by atoms with Crippen molar-refractivity contribution in [1.82, 2.24) is 15.1 Å². The van der Waals surface area contributed by atoms with Crippen molar-refractivity contribution in [2.75, 3.05) is 6.61 Å². The van der Waals surface area contributed by atoms with Crippen LogP contribution in [-0.4, -0.2) is 22.3 Å². The van der Waals surface area contributed by atoms with Gasteiger partial charge in [-0.25, -0.2) is 4.79 Å². The Morgan fingerprint density at radius 2 is 2.19 bits per heavy atom. The summed E-state index contributed by atoms with van der Waals surface area (Å²) in [5.41, 5.74) is 0.977. The molecule has 1 amide bonds. The molecule has 1 unspecified atom stereocenters. The number of nitrogens with zero attached hydrogens (tertiary/aromatic N) is 2. The number of aryl methyl sites for hydroxylation is 1. The summed E-state index contributed by atoms with van der Waals surface area (Å²) in [6, 6.07) is 11.3. The van der Waals surface area contributed by atoms with Crippen LogP contribution in [0.2, 0.25) is 0 Å². The maximum atomic E-state index is 12.3. The summed E-state index contributed by atoms with van der Waals surface area (Å²) in [5, 5.41) is 9.05. The molecule has 1 aliphatic rings. The molecule has 0 fully saturated rings. The zero-order valence-electron chi connectivity index (χ0n) is 13.9. The quantitative estimate of drug-likeness (QED) is 0.745. The Labute approximate surface area is 153 Å². The lowest BCUT2D eigenvalue weighted by Crippen LogP contribution is -2.33. The largest absolute Gasteiger partial charge is 0.493 e. The second kappa shape index (κ2) is 7.17. The number of carbonyl (C=O) groups excluding carboxylic acids is 1. The van der Waals surface area contributed by atoms with Crippen molar-refractivity contribution >= 4 is 17.2 Å². The van der Waals surface area contributed by atoms with Crippen LogP contribution in [0.5, 0.6) is 5.75 Å². The van der Waals surface area contributed by atoms with Crippen molar-refractivity contribution in [3.8, 4) is 16.5 Å². The third-order valence-electron chi connectivity index (χ3n) is 4.18. The highest BCUT2D eigenvalue weighted by Gasteiger charge is 2.22. The number of thiophene rings is 1. The van der Waals surface area contributed by atoms with Gasteiger partial charge in [-0.1, -0.05) is 24.3 Å². The van der Waals surface area contributed by atoms with Crippen LogP contribution in [-0.2, 0) is 11.3 Å². The topological polar surface area (TPSA) is 86.4 Å². The predicted octanol–water partition coefficient (Wildman–Crippen LogP) is 2.59. The minimum atomic E-state index is -0.558. The van der Waals surface area contributed by atoms with Gasteiger partial charge in [-0.05, 0) is 17.5 Å². The van der Waals surface area contributed by atoms with Crippen LogP contribution in [0.1, 0.15) is 24.4 Å². The van der Waals surface area contributed by atoms with Crippen molar-refractivity contribution in [2.45, 2.75) is 25.4 Å². The number of rotatable bonds is 5. The first-order valence-electron chi connectivity index (χ1n) is 8.33. The van der Waals surface area contributed by atoms with E-state index in [0.717, 1.165) is 22.6 Å². The van der Waals surface area contributed by atoms with Crippen molar-refractivity contribution in [2.24, 2.45) is 0 Å². The van der Waals surface area contributed by atoms with Gasteiger partial charge in [0.15, 0.2) is 0 Å². The zero-order valence-corrected chi connectivity index (χ0v) is 14.7. The van der Waals surface area contributed by atoms with E-state index in [2.05, 4.69) is 10.4 Å². The van der Waals surface area contributed by atoms with Gasteiger partial charge in [-0.2, -0.15) is 4.68 Å². The van der Waals surface area contributed by atoms with Gasteiger partial charge in [0.25, 0.3) is 5.89 Å². The molecule has 1 aliphatic heterocycles. The molecule has 0 saturated carbocycles. The molecule has 0 radical (unpaired) electrons. The van der Waals surface area contributed by atoms with E-state index in [4.69, 9.17) is 9.15 Å². The molecular weight excluding hydrogens is 354 g/mol. The van der Waals surface area contributed by atoms with Gasteiger partial charge in [-0.3, -0.25) is 4.79 Å². The maximum Gasteiger partial charge on any atom is 0.437 e. The minimum absolute atomic E-state index is 0.0804. The van der Waals surface area contributed by atoms with Gasteiger partial charge in [0.05, 0.1) is 24.1 Å². The van der Waals surface area contributed by atoms with Crippen molar-refractivity contribution < 1.29 is 13.9 Å². The molecule has 1 aromatic carbocycles. The molecule has 0 aliphatic carbocycles. The summed E-state index contributed by atoms with van der Waals surface area (Å²) in [6.45, 7) is 0.735. The van der Waals surface area contributed by atoms with Crippen LogP contribution < -0.4 is 15.8 Å². The third kappa shape index (κ3) is 3.41. The third-order valence-corrected chi connectivity index (χ3v) is 5.04. The van der Waals surface area contributed by atoms with Crippen LogP contribution in [0.25, 0.3) is 10.8 Å². The Bertz CT molecular complexity index is 961. The number of benzene rings is 1. The van der Waals surface area contributed by atoms with Gasteiger partial charge in [0.2, 0.25) is 5.91 Å². The first-order valence-corrected chi connectivity index (χ1v) is 9.21. The average Bonchev–Trinajstić information content (AvgIpc) is 3.30. The van der Waals surface area contributed by atoms with Crippen LogP contribution >= 0.6 is 11.3 Å². The SMILES string of the molecule is O=C(CCn1nc(-c2cccs2)oc1=O)NC1CCOc2ccccc21. The number of carbonyl (C=O) groups is 1. The summed E-state index contributed by atoms with van der Waals surface area (Å²) in [4.78, 5) is 25.0. The number of nitrogens with one attached hydrogen (secondary N) is 1. The number of amides is 1. The van der Waals surface area contributed by atoms with E-state index in [1.807, 2.05) is 41.8 Å². The summed E-state index contributed by atoms with van der Waals surface area (Å²) >= 11 is 1.44.